The SMILES string of the molecule is C/C=S(\C1CC1)N(C)CC(CC)N1C(=O)[C@@](C)(CC(=O)O)CC(c2cccc(Cl)c2)C1c1ccc(Cl)cc1. The molecule has 1 N–H and O–H groups in total. The van der Waals surface area contributed by atoms with Crippen molar-refractivity contribution >= 4 is 51.1 Å². The van der Waals surface area contributed by atoms with E-state index in [0.717, 1.165) is 24.1 Å². The van der Waals surface area contributed by atoms with Crippen LogP contribution in [-0.4, -0.2) is 56.4 Å². The average Bonchev–Trinajstić information content (AvgIpc) is 3.70. The molecule has 206 valence electrons. The van der Waals surface area contributed by atoms with Crippen molar-refractivity contribution in [3.8, 4) is 0 Å². The highest BCUT2D eigenvalue weighted by Crippen LogP contribution is 2.52. The first-order valence-electron chi connectivity index (χ1n) is 13.4. The first-order valence-corrected chi connectivity index (χ1v) is 15.4. The van der Waals surface area contributed by atoms with E-state index < -0.39 is 11.4 Å². The number of hydrogen-bond acceptors (Lipinski definition) is 3. The third-order valence-corrected chi connectivity index (χ3v) is 10.9. The van der Waals surface area contributed by atoms with Crippen LogP contribution in [0.25, 0.3) is 0 Å². The highest BCUT2D eigenvalue weighted by atomic mass is 35.5. The number of piperidine rings is 1. The molecule has 2 aliphatic rings. The van der Waals surface area contributed by atoms with Crippen LogP contribution in [0.3, 0.4) is 0 Å². The van der Waals surface area contributed by atoms with E-state index in [2.05, 4.69) is 30.6 Å². The molecule has 1 saturated heterocycles. The lowest BCUT2D eigenvalue weighted by Gasteiger charge is -2.52. The zero-order valence-electron chi connectivity index (χ0n) is 22.6. The summed E-state index contributed by atoms with van der Waals surface area (Å²) >= 11 is 12.7. The molecule has 0 radical (unpaired) electrons. The topological polar surface area (TPSA) is 60.9 Å². The van der Waals surface area contributed by atoms with Crippen LogP contribution < -0.4 is 0 Å². The van der Waals surface area contributed by atoms with Crippen molar-refractivity contribution in [1.29, 1.82) is 0 Å². The van der Waals surface area contributed by atoms with Gasteiger partial charge in [0.1, 0.15) is 0 Å². The summed E-state index contributed by atoms with van der Waals surface area (Å²) in [5.74, 6) is -1.18. The lowest BCUT2D eigenvalue weighted by Crippen LogP contribution is -2.57. The van der Waals surface area contributed by atoms with Crippen LogP contribution in [0.1, 0.15) is 76.0 Å². The predicted molar refractivity (Wildman–Crippen MR) is 159 cm³/mol. The summed E-state index contributed by atoms with van der Waals surface area (Å²) < 4.78 is 2.40. The summed E-state index contributed by atoms with van der Waals surface area (Å²) in [6, 6.07) is 15.1. The molecule has 5 nitrogen and oxygen atoms in total. The van der Waals surface area contributed by atoms with E-state index in [4.69, 9.17) is 23.2 Å². The molecular weight excluding hydrogens is 539 g/mol. The molecule has 2 aromatic carbocycles. The minimum atomic E-state index is -1.04. The van der Waals surface area contributed by atoms with Gasteiger partial charge in [-0.2, -0.15) is 0 Å². The number of likely N-dealkylation sites (tertiary alicyclic amines) is 1. The molecule has 2 fully saturated rings. The Bertz CT molecular complexity index is 1200. The summed E-state index contributed by atoms with van der Waals surface area (Å²) in [5, 5.41) is 14.1. The molecule has 4 rings (SSSR count). The van der Waals surface area contributed by atoms with Crippen LogP contribution >= 0.6 is 33.9 Å². The number of nitrogens with zero attached hydrogens (tertiary/aromatic N) is 2. The summed E-state index contributed by atoms with van der Waals surface area (Å²) in [4.78, 5) is 28.5. The average molecular weight is 578 g/mol. The van der Waals surface area contributed by atoms with Gasteiger partial charge in [0.2, 0.25) is 5.91 Å². The van der Waals surface area contributed by atoms with Crippen molar-refractivity contribution in [2.75, 3.05) is 13.6 Å². The molecule has 1 aliphatic carbocycles. The number of carboxylic acids is 1. The molecule has 1 heterocycles. The van der Waals surface area contributed by atoms with Crippen LogP contribution in [0, 0.1) is 5.41 Å². The summed E-state index contributed by atoms with van der Waals surface area (Å²) in [7, 11) is 2.21. The highest BCUT2D eigenvalue weighted by Gasteiger charge is 2.52. The first kappa shape index (κ1) is 29.1. The number of carbonyl (C=O) groups excluding carboxylic acids is 1. The number of amides is 1. The minimum absolute atomic E-state index is 0.0517. The van der Waals surface area contributed by atoms with Gasteiger partial charge in [0.15, 0.2) is 0 Å². The fourth-order valence-electron chi connectivity index (χ4n) is 6.01. The van der Waals surface area contributed by atoms with Gasteiger partial charge in [-0.1, -0.05) is 61.3 Å². The van der Waals surface area contributed by atoms with Crippen molar-refractivity contribution < 1.29 is 14.7 Å². The third-order valence-electron chi connectivity index (χ3n) is 7.93. The maximum Gasteiger partial charge on any atom is 0.304 e. The Balaban J connectivity index is 1.84. The van der Waals surface area contributed by atoms with Crippen LogP contribution in [-0.2, 0) is 9.59 Å². The number of halogens is 2. The Hall–Kier alpha value is -1.86. The highest BCUT2D eigenvalue weighted by molar-refractivity contribution is 8.13. The van der Waals surface area contributed by atoms with Crippen LogP contribution in [0.2, 0.25) is 10.0 Å². The number of likely N-dealkylation sites (N-methyl/N-ethyl adjacent to an activating group) is 1. The zero-order valence-corrected chi connectivity index (χ0v) is 24.9. The predicted octanol–water partition coefficient (Wildman–Crippen LogP) is 7.41. The number of carbonyl (C=O) groups is 2. The molecule has 1 saturated carbocycles. The number of hydrogen-bond donors (Lipinski definition) is 1. The Labute approximate surface area is 239 Å². The second-order valence-electron chi connectivity index (χ2n) is 10.9. The Kier molecular flexibility index (Phi) is 9.29. The molecule has 0 spiro atoms. The number of rotatable bonds is 10. The summed E-state index contributed by atoms with van der Waals surface area (Å²) in [6.07, 6.45) is 3.46. The fraction of sp³-hybridized carbons (Fsp3) is 0.500. The first-order chi connectivity index (χ1) is 18.1. The second kappa shape index (κ2) is 12.1. The van der Waals surface area contributed by atoms with Crippen molar-refractivity contribution in [2.45, 2.75) is 76.1 Å². The van der Waals surface area contributed by atoms with Gasteiger partial charge < -0.3 is 10.0 Å². The van der Waals surface area contributed by atoms with E-state index in [9.17, 15) is 14.7 Å². The van der Waals surface area contributed by atoms with Crippen LogP contribution in [0.4, 0.5) is 0 Å². The second-order valence-corrected chi connectivity index (χ2v) is 14.2. The molecule has 8 heteroatoms. The van der Waals surface area contributed by atoms with Crippen molar-refractivity contribution in [1.82, 2.24) is 9.21 Å². The van der Waals surface area contributed by atoms with Gasteiger partial charge in [-0.25, -0.2) is 0 Å². The molecule has 4 unspecified atom stereocenters. The van der Waals surface area contributed by atoms with Crippen molar-refractivity contribution in [3.63, 3.8) is 0 Å². The minimum Gasteiger partial charge on any atom is -0.481 e. The smallest absolute Gasteiger partial charge is 0.304 e. The molecule has 38 heavy (non-hydrogen) atoms. The van der Waals surface area contributed by atoms with Crippen molar-refractivity contribution in [2.24, 2.45) is 5.41 Å². The lowest BCUT2D eigenvalue weighted by molar-refractivity contribution is -0.160. The summed E-state index contributed by atoms with van der Waals surface area (Å²) in [6.45, 7) is 6.78. The van der Waals surface area contributed by atoms with Gasteiger partial charge in [-0.15, -0.1) is 10.7 Å². The molecule has 0 bridgehead atoms. The molecule has 5 atom stereocenters. The van der Waals surface area contributed by atoms with Crippen molar-refractivity contribution in [3.05, 3.63) is 69.7 Å². The van der Waals surface area contributed by atoms with E-state index in [1.54, 1.807) is 0 Å². The van der Waals surface area contributed by atoms with Gasteiger partial charge >= 0.3 is 5.97 Å². The van der Waals surface area contributed by atoms with E-state index in [1.165, 1.54) is 12.8 Å². The molecule has 2 aromatic rings. The molecule has 1 aliphatic heterocycles. The monoisotopic (exact) mass is 576 g/mol. The van der Waals surface area contributed by atoms with E-state index in [-0.39, 0.29) is 41.0 Å². The standard InChI is InChI=1S/C30H38Cl2N2O3S/c1-5-24(19-33(4)38(6-2)25-14-15-25)34-28(20-10-12-22(31)13-11-20)26(21-8-7-9-23(32)16-21)17-30(3,29(34)37)18-27(35)36/h6-13,16,24-26,28H,5,14-15,17-19H2,1-4H3,(H,35,36)/t24?,26?,28?,30-,38?/m1/s1. The lowest BCUT2D eigenvalue weighted by atomic mass is 9.67. The summed E-state index contributed by atoms with van der Waals surface area (Å²) in [5.41, 5.74) is 0.965. The van der Waals surface area contributed by atoms with Crippen LogP contribution in [0.15, 0.2) is 48.5 Å². The number of aliphatic carboxylic acids is 1. The molecule has 0 aromatic heterocycles. The maximum atomic E-state index is 14.4. The Morgan fingerprint density at radius 2 is 1.87 bits per heavy atom. The fourth-order valence-corrected chi connectivity index (χ4v) is 8.56. The van der Waals surface area contributed by atoms with Gasteiger partial charge in [0.25, 0.3) is 0 Å². The Morgan fingerprint density at radius 1 is 1.18 bits per heavy atom. The van der Waals surface area contributed by atoms with Gasteiger partial charge in [-0.3, -0.25) is 13.9 Å². The van der Waals surface area contributed by atoms with E-state index in [1.807, 2.05) is 60.4 Å². The normalized spacial score (nSPS) is 25.6. The van der Waals surface area contributed by atoms with Gasteiger partial charge in [0.05, 0.1) is 17.9 Å². The van der Waals surface area contributed by atoms with Gasteiger partial charge in [0, 0.05) is 33.8 Å². The third kappa shape index (κ3) is 6.30. The zero-order chi connectivity index (χ0) is 27.6. The Morgan fingerprint density at radius 3 is 2.42 bits per heavy atom. The maximum absolute atomic E-state index is 14.4. The van der Waals surface area contributed by atoms with Crippen LogP contribution in [0.5, 0.6) is 0 Å². The molecule has 1 amide bonds. The van der Waals surface area contributed by atoms with E-state index >= 15 is 0 Å². The number of benzene rings is 2. The van der Waals surface area contributed by atoms with Gasteiger partial charge in [-0.05, 0) is 80.4 Å². The largest absolute Gasteiger partial charge is 0.481 e. The molecular formula is C30H38Cl2N2O3S. The number of carboxylic acid groups (broad SMARTS) is 1. The quantitative estimate of drug-likeness (QED) is 0.299. The van der Waals surface area contributed by atoms with E-state index in [0.29, 0.717) is 21.7 Å².